The van der Waals surface area contributed by atoms with Crippen molar-refractivity contribution in [3.8, 4) is 11.4 Å². The van der Waals surface area contributed by atoms with E-state index in [0.29, 0.717) is 23.0 Å². The van der Waals surface area contributed by atoms with Crippen molar-refractivity contribution in [2.75, 3.05) is 12.4 Å². The lowest BCUT2D eigenvalue weighted by Crippen LogP contribution is -2.24. The minimum Gasteiger partial charge on any atom is -0.339 e. The molecule has 28 heavy (non-hydrogen) atoms. The summed E-state index contributed by atoms with van der Waals surface area (Å²) in [5.41, 5.74) is 1.92. The first kappa shape index (κ1) is 17.6. The van der Waals surface area contributed by atoms with E-state index in [2.05, 4.69) is 15.5 Å². The van der Waals surface area contributed by atoms with E-state index in [0.717, 1.165) is 10.5 Å². The van der Waals surface area contributed by atoms with E-state index in [9.17, 15) is 14.4 Å². The van der Waals surface area contributed by atoms with Crippen LogP contribution in [0.2, 0.25) is 0 Å². The number of fused-ring (bicyclic) bond motifs is 1. The number of nitrogens with one attached hydrogen (secondary N) is 1. The van der Waals surface area contributed by atoms with Crippen molar-refractivity contribution in [2.24, 2.45) is 0 Å². The molecule has 1 N–H and O–H groups in total. The van der Waals surface area contributed by atoms with Gasteiger partial charge >= 0.3 is 0 Å². The van der Waals surface area contributed by atoms with E-state index >= 15 is 0 Å². The van der Waals surface area contributed by atoms with Gasteiger partial charge in [-0.25, -0.2) is 0 Å². The maximum Gasteiger partial charge on any atom is 0.261 e. The van der Waals surface area contributed by atoms with Crippen molar-refractivity contribution in [2.45, 2.75) is 12.8 Å². The lowest BCUT2D eigenvalue weighted by atomic mass is 10.1. The maximum absolute atomic E-state index is 12.2. The molecule has 0 saturated carbocycles. The van der Waals surface area contributed by atoms with Crippen LogP contribution in [0.5, 0.6) is 0 Å². The van der Waals surface area contributed by atoms with Crippen LogP contribution in [0.25, 0.3) is 11.4 Å². The number of hydrogen-bond donors (Lipinski definition) is 1. The Morgan fingerprint density at radius 2 is 1.82 bits per heavy atom. The van der Waals surface area contributed by atoms with Crippen LogP contribution in [-0.4, -0.2) is 39.8 Å². The minimum absolute atomic E-state index is 0.139. The molecular formula is C20H16N4O4. The van der Waals surface area contributed by atoms with Gasteiger partial charge in [-0.15, -0.1) is 0 Å². The average Bonchev–Trinajstić information content (AvgIpc) is 3.27. The zero-order chi connectivity index (χ0) is 19.7. The molecule has 8 heteroatoms. The summed E-state index contributed by atoms with van der Waals surface area (Å²) < 4.78 is 5.19. The number of carbonyl (C=O) groups excluding carboxylic acids is 3. The maximum atomic E-state index is 12.2. The highest BCUT2D eigenvalue weighted by Crippen LogP contribution is 2.25. The second-order valence-corrected chi connectivity index (χ2v) is 6.36. The van der Waals surface area contributed by atoms with E-state index in [4.69, 9.17) is 4.52 Å². The molecule has 1 aromatic heterocycles. The molecule has 1 aliphatic heterocycles. The number of anilines is 1. The molecule has 2 heterocycles. The Labute approximate surface area is 160 Å². The van der Waals surface area contributed by atoms with Crippen LogP contribution in [0.1, 0.15) is 33.0 Å². The first-order chi connectivity index (χ1) is 13.5. The highest BCUT2D eigenvalue weighted by Gasteiger charge is 2.32. The molecular weight excluding hydrogens is 360 g/mol. The fourth-order valence-corrected chi connectivity index (χ4v) is 2.94. The number of nitrogens with zero attached hydrogens (tertiary/aromatic N) is 3. The largest absolute Gasteiger partial charge is 0.339 e. The van der Waals surface area contributed by atoms with Gasteiger partial charge in [0.15, 0.2) is 0 Å². The number of benzene rings is 2. The van der Waals surface area contributed by atoms with E-state index < -0.39 is 0 Å². The third-order valence-electron chi connectivity index (χ3n) is 4.44. The number of imide groups is 1. The molecule has 0 bridgehead atoms. The standard InChI is InChI=1S/C20H16N4O4/c1-24-19(26)14-8-7-13(11-15(14)20(24)27)21-16(25)9-10-17-22-18(23-28-17)12-5-3-2-4-6-12/h2-8,11H,9-10H2,1H3,(H,21,25). The first-order valence-electron chi connectivity index (χ1n) is 8.67. The Hall–Kier alpha value is -3.81. The quantitative estimate of drug-likeness (QED) is 0.686. The van der Waals surface area contributed by atoms with Crippen molar-refractivity contribution in [3.63, 3.8) is 0 Å². The van der Waals surface area contributed by atoms with Gasteiger partial charge in [-0.1, -0.05) is 35.5 Å². The van der Waals surface area contributed by atoms with Crippen LogP contribution in [0.15, 0.2) is 53.1 Å². The number of hydrogen-bond acceptors (Lipinski definition) is 6. The summed E-state index contributed by atoms with van der Waals surface area (Å²) in [5.74, 6) is -0.143. The summed E-state index contributed by atoms with van der Waals surface area (Å²) in [6, 6.07) is 14.1. The molecule has 0 radical (unpaired) electrons. The van der Waals surface area contributed by atoms with Crippen LogP contribution in [0.3, 0.4) is 0 Å². The zero-order valence-corrected chi connectivity index (χ0v) is 15.0. The van der Waals surface area contributed by atoms with Crippen LogP contribution in [0, 0.1) is 0 Å². The number of aromatic nitrogens is 2. The van der Waals surface area contributed by atoms with Crippen molar-refractivity contribution < 1.29 is 18.9 Å². The predicted octanol–water partition coefficient (Wildman–Crippen LogP) is 2.53. The molecule has 0 atom stereocenters. The van der Waals surface area contributed by atoms with Crippen molar-refractivity contribution in [1.29, 1.82) is 0 Å². The Morgan fingerprint density at radius 3 is 2.61 bits per heavy atom. The smallest absolute Gasteiger partial charge is 0.261 e. The number of carbonyl (C=O) groups is 3. The predicted molar refractivity (Wildman–Crippen MR) is 99.6 cm³/mol. The molecule has 0 fully saturated rings. The van der Waals surface area contributed by atoms with Gasteiger partial charge in [0.2, 0.25) is 17.6 Å². The topological polar surface area (TPSA) is 105 Å². The summed E-state index contributed by atoms with van der Waals surface area (Å²) in [4.78, 5) is 41.5. The Kier molecular flexibility index (Phi) is 4.44. The van der Waals surface area contributed by atoms with Crippen LogP contribution in [-0.2, 0) is 11.2 Å². The van der Waals surface area contributed by atoms with E-state index in [1.807, 2.05) is 30.3 Å². The Bertz CT molecular complexity index is 1070. The third-order valence-corrected chi connectivity index (χ3v) is 4.44. The molecule has 0 aliphatic carbocycles. The van der Waals surface area contributed by atoms with Crippen molar-refractivity contribution in [3.05, 3.63) is 65.5 Å². The van der Waals surface area contributed by atoms with E-state index in [1.54, 1.807) is 12.1 Å². The summed E-state index contributed by atoms with van der Waals surface area (Å²) >= 11 is 0. The molecule has 3 aromatic rings. The van der Waals surface area contributed by atoms with Gasteiger partial charge in [0.1, 0.15) is 0 Å². The third kappa shape index (κ3) is 3.27. The monoisotopic (exact) mass is 376 g/mol. The summed E-state index contributed by atoms with van der Waals surface area (Å²) in [6.07, 6.45) is 0.428. The zero-order valence-electron chi connectivity index (χ0n) is 15.0. The molecule has 0 unspecified atom stereocenters. The minimum atomic E-state index is -0.379. The van der Waals surface area contributed by atoms with Crippen LogP contribution >= 0.6 is 0 Å². The van der Waals surface area contributed by atoms with Crippen molar-refractivity contribution >= 4 is 23.4 Å². The molecule has 0 saturated heterocycles. The van der Waals surface area contributed by atoms with Gasteiger partial charge in [0.05, 0.1) is 11.1 Å². The van der Waals surface area contributed by atoms with Crippen LogP contribution < -0.4 is 5.32 Å². The molecule has 0 spiro atoms. The van der Waals surface area contributed by atoms with Gasteiger partial charge < -0.3 is 9.84 Å². The second kappa shape index (κ2) is 7.07. The normalized spacial score (nSPS) is 13.0. The summed E-state index contributed by atoms with van der Waals surface area (Å²) in [6.45, 7) is 0. The lowest BCUT2D eigenvalue weighted by molar-refractivity contribution is -0.116. The first-order valence-corrected chi connectivity index (χ1v) is 8.67. The van der Waals surface area contributed by atoms with E-state index in [-0.39, 0.29) is 36.1 Å². The SMILES string of the molecule is CN1C(=O)c2ccc(NC(=O)CCc3nc(-c4ccccc4)no3)cc2C1=O. The summed E-state index contributed by atoms with van der Waals surface area (Å²) in [5, 5.41) is 6.64. The highest BCUT2D eigenvalue weighted by atomic mass is 16.5. The van der Waals surface area contributed by atoms with Gasteiger partial charge in [-0.2, -0.15) is 4.98 Å². The second-order valence-electron chi connectivity index (χ2n) is 6.36. The fourth-order valence-electron chi connectivity index (χ4n) is 2.94. The van der Waals surface area contributed by atoms with Gasteiger partial charge in [-0.3, -0.25) is 19.3 Å². The highest BCUT2D eigenvalue weighted by molar-refractivity contribution is 6.21. The van der Waals surface area contributed by atoms with Crippen LogP contribution in [0.4, 0.5) is 5.69 Å². The molecule has 4 rings (SSSR count). The number of aryl methyl sites for hydroxylation is 1. The lowest BCUT2D eigenvalue weighted by Gasteiger charge is -2.05. The van der Waals surface area contributed by atoms with E-state index in [1.165, 1.54) is 13.1 Å². The summed E-state index contributed by atoms with van der Waals surface area (Å²) in [7, 11) is 1.43. The Balaban J connectivity index is 1.38. The average molecular weight is 376 g/mol. The Morgan fingerprint density at radius 1 is 1.07 bits per heavy atom. The fraction of sp³-hybridized carbons (Fsp3) is 0.150. The number of amides is 3. The molecule has 1 aliphatic rings. The van der Waals surface area contributed by atoms with Gasteiger partial charge in [0, 0.05) is 31.1 Å². The van der Waals surface area contributed by atoms with Crippen molar-refractivity contribution in [1.82, 2.24) is 15.0 Å². The van der Waals surface area contributed by atoms with Gasteiger partial charge in [-0.05, 0) is 18.2 Å². The molecule has 140 valence electrons. The van der Waals surface area contributed by atoms with Gasteiger partial charge in [0.25, 0.3) is 11.8 Å². The molecule has 3 amide bonds. The number of rotatable bonds is 5. The molecule has 8 nitrogen and oxygen atoms in total. The molecule has 2 aromatic carbocycles.